The summed E-state index contributed by atoms with van der Waals surface area (Å²) >= 11 is 1.91. The van der Waals surface area contributed by atoms with E-state index in [1.54, 1.807) is 0 Å². The fourth-order valence-electron chi connectivity index (χ4n) is 1.40. The van der Waals surface area contributed by atoms with Gasteiger partial charge in [0.25, 0.3) is 0 Å². The van der Waals surface area contributed by atoms with E-state index in [0.717, 1.165) is 13.2 Å². The van der Waals surface area contributed by atoms with Gasteiger partial charge in [-0.3, -0.25) is 0 Å². The highest BCUT2D eigenvalue weighted by Crippen LogP contribution is 2.13. The maximum Gasteiger partial charge on any atom is 0.0700 e. The van der Waals surface area contributed by atoms with Gasteiger partial charge in [0.2, 0.25) is 0 Å². The zero-order chi connectivity index (χ0) is 8.97. The minimum absolute atomic E-state index is 0.402. The van der Waals surface area contributed by atoms with E-state index >= 15 is 0 Å². The molecule has 3 heteroatoms. The molecule has 1 fully saturated rings. The van der Waals surface area contributed by atoms with Gasteiger partial charge in [-0.1, -0.05) is 6.92 Å². The Balaban J connectivity index is 2.13. The van der Waals surface area contributed by atoms with Crippen LogP contribution in [0.15, 0.2) is 0 Å². The normalized spacial score (nSPS) is 32.2. The third kappa shape index (κ3) is 2.96. The number of hydrogen-bond donors (Lipinski definition) is 1. The Morgan fingerprint density at radius 2 is 2.42 bits per heavy atom. The number of hydrogen-bond acceptors (Lipinski definition) is 3. The Kier molecular flexibility index (Phi) is 4.40. The smallest absolute Gasteiger partial charge is 0.0700 e. The quantitative estimate of drug-likeness (QED) is 0.724. The molecule has 3 atom stereocenters. The maximum atomic E-state index is 5.46. The van der Waals surface area contributed by atoms with Crippen molar-refractivity contribution in [2.75, 3.05) is 19.4 Å². The molecular weight excluding hydrogens is 170 g/mol. The van der Waals surface area contributed by atoms with Crippen LogP contribution >= 0.6 is 11.8 Å². The van der Waals surface area contributed by atoms with Gasteiger partial charge in [-0.05, 0) is 19.6 Å². The van der Waals surface area contributed by atoms with Gasteiger partial charge in [0, 0.05) is 24.4 Å². The first-order valence-electron chi connectivity index (χ1n) is 4.62. The van der Waals surface area contributed by atoms with E-state index < -0.39 is 0 Å². The summed E-state index contributed by atoms with van der Waals surface area (Å²) in [6.45, 7) is 6.42. The number of nitrogens with one attached hydrogen (secondary N) is 1. The molecule has 1 heterocycles. The molecule has 0 aromatic carbocycles. The van der Waals surface area contributed by atoms with Crippen molar-refractivity contribution in [2.24, 2.45) is 0 Å². The average molecular weight is 189 g/mol. The highest BCUT2D eigenvalue weighted by Gasteiger charge is 2.23. The van der Waals surface area contributed by atoms with Crippen LogP contribution in [0, 0.1) is 0 Å². The summed E-state index contributed by atoms with van der Waals surface area (Å²) in [7, 11) is 0. The van der Waals surface area contributed by atoms with Crippen molar-refractivity contribution in [2.45, 2.75) is 37.7 Å². The van der Waals surface area contributed by atoms with Crippen LogP contribution in [0.3, 0.4) is 0 Å². The molecule has 1 aliphatic rings. The van der Waals surface area contributed by atoms with Crippen molar-refractivity contribution in [3.05, 3.63) is 0 Å². The molecule has 0 aromatic rings. The third-order valence-corrected chi connectivity index (χ3v) is 3.42. The third-order valence-electron chi connectivity index (χ3n) is 2.45. The molecule has 1 rings (SSSR count). The summed E-state index contributed by atoms with van der Waals surface area (Å²) in [4.78, 5) is 0. The minimum Gasteiger partial charge on any atom is -0.377 e. The average Bonchev–Trinajstić information content (AvgIpc) is 2.47. The first-order chi connectivity index (χ1) is 5.74. The molecule has 1 N–H and O–H groups in total. The van der Waals surface area contributed by atoms with Gasteiger partial charge in [0.1, 0.15) is 0 Å². The molecule has 1 aliphatic heterocycles. The van der Waals surface area contributed by atoms with E-state index in [4.69, 9.17) is 4.74 Å². The van der Waals surface area contributed by atoms with Crippen molar-refractivity contribution in [3.63, 3.8) is 0 Å². The Hall–Kier alpha value is 0.270. The van der Waals surface area contributed by atoms with Crippen molar-refractivity contribution in [1.82, 2.24) is 5.32 Å². The van der Waals surface area contributed by atoms with E-state index in [0.29, 0.717) is 17.4 Å². The highest BCUT2D eigenvalue weighted by molar-refractivity contribution is 7.99. The second kappa shape index (κ2) is 5.10. The predicted octanol–water partition coefficient (Wildman–Crippen LogP) is 1.50. The molecule has 0 aromatic heterocycles. The van der Waals surface area contributed by atoms with Gasteiger partial charge in [0.15, 0.2) is 0 Å². The van der Waals surface area contributed by atoms with Crippen LogP contribution in [-0.4, -0.2) is 36.8 Å². The summed E-state index contributed by atoms with van der Waals surface area (Å²) in [5.74, 6) is 0. The van der Waals surface area contributed by atoms with Gasteiger partial charge >= 0.3 is 0 Å². The zero-order valence-electron chi connectivity index (χ0n) is 8.17. The van der Waals surface area contributed by atoms with Crippen LogP contribution in [0.4, 0.5) is 0 Å². The summed E-state index contributed by atoms with van der Waals surface area (Å²) in [5, 5.41) is 4.24. The molecule has 3 unspecified atom stereocenters. The second-order valence-electron chi connectivity index (χ2n) is 3.43. The maximum absolute atomic E-state index is 5.46. The monoisotopic (exact) mass is 189 g/mol. The molecule has 72 valence electrons. The molecule has 0 saturated carbocycles. The Morgan fingerprint density at radius 1 is 1.67 bits per heavy atom. The van der Waals surface area contributed by atoms with Crippen LogP contribution in [-0.2, 0) is 4.74 Å². The van der Waals surface area contributed by atoms with Gasteiger partial charge in [-0.15, -0.1) is 0 Å². The largest absolute Gasteiger partial charge is 0.377 e. The summed E-state index contributed by atoms with van der Waals surface area (Å²) < 4.78 is 5.46. The van der Waals surface area contributed by atoms with Crippen LogP contribution in [0.1, 0.15) is 20.3 Å². The zero-order valence-corrected chi connectivity index (χ0v) is 8.99. The molecule has 0 aliphatic carbocycles. The predicted molar refractivity (Wildman–Crippen MR) is 54.8 cm³/mol. The van der Waals surface area contributed by atoms with Crippen LogP contribution < -0.4 is 5.32 Å². The molecule has 0 amide bonds. The van der Waals surface area contributed by atoms with E-state index in [-0.39, 0.29) is 0 Å². The molecule has 2 nitrogen and oxygen atoms in total. The van der Waals surface area contributed by atoms with Crippen LogP contribution in [0.2, 0.25) is 0 Å². The number of ether oxygens (including phenoxy) is 1. The fourth-order valence-corrected chi connectivity index (χ4v) is 1.66. The molecule has 12 heavy (non-hydrogen) atoms. The van der Waals surface area contributed by atoms with Crippen molar-refractivity contribution in [1.29, 1.82) is 0 Å². The second-order valence-corrected chi connectivity index (χ2v) is 4.70. The summed E-state index contributed by atoms with van der Waals surface area (Å²) in [6.07, 6.45) is 3.72. The number of rotatable bonds is 4. The van der Waals surface area contributed by atoms with Gasteiger partial charge < -0.3 is 10.1 Å². The SMILES string of the molecule is CSC(C)CNC1CCOC1C. The van der Waals surface area contributed by atoms with E-state index in [2.05, 4.69) is 25.4 Å². The standard InChI is InChI=1S/C9H19NOS/c1-7(12-3)6-10-9-4-5-11-8(9)2/h7-10H,4-6H2,1-3H3. The Bertz CT molecular complexity index is 132. The van der Waals surface area contributed by atoms with Crippen molar-refractivity contribution >= 4 is 11.8 Å². The summed E-state index contributed by atoms with van der Waals surface area (Å²) in [6, 6.07) is 0.583. The first kappa shape index (κ1) is 10.4. The van der Waals surface area contributed by atoms with Crippen molar-refractivity contribution in [3.8, 4) is 0 Å². The highest BCUT2D eigenvalue weighted by atomic mass is 32.2. The lowest BCUT2D eigenvalue weighted by Gasteiger charge is -2.18. The molecular formula is C9H19NOS. The van der Waals surface area contributed by atoms with Crippen LogP contribution in [0.25, 0.3) is 0 Å². The van der Waals surface area contributed by atoms with Crippen LogP contribution in [0.5, 0.6) is 0 Å². The molecule has 1 saturated heterocycles. The van der Waals surface area contributed by atoms with Gasteiger partial charge in [-0.25, -0.2) is 0 Å². The van der Waals surface area contributed by atoms with E-state index in [1.165, 1.54) is 6.42 Å². The molecule has 0 radical (unpaired) electrons. The van der Waals surface area contributed by atoms with E-state index in [1.807, 2.05) is 11.8 Å². The lowest BCUT2D eigenvalue weighted by Crippen LogP contribution is -2.37. The molecule has 0 spiro atoms. The molecule has 0 bridgehead atoms. The summed E-state index contributed by atoms with van der Waals surface area (Å²) in [5.41, 5.74) is 0. The Labute approximate surface area is 79.4 Å². The van der Waals surface area contributed by atoms with Gasteiger partial charge in [-0.2, -0.15) is 11.8 Å². The van der Waals surface area contributed by atoms with Gasteiger partial charge in [0.05, 0.1) is 6.10 Å². The lowest BCUT2D eigenvalue weighted by atomic mass is 10.1. The topological polar surface area (TPSA) is 21.3 Å². The first-order valence-corrected chi connectivity index (χ1v) is 5.90. The number of thioether (sulfide) groups is 1. The van der Waals surface area contributed by atoms with Crippen molar-refractivity contribution < 1.29 is 4.74 Å². The Morgan fingerprint density at radius 3 is 2.92 bits per heavy atom. The van der Waals surface area contributed by atoms with E-state index in [9.17, 15) is 0 Å². The fraction of sp³-hybridized carbons (Fsp3) is 1.00. The minimum atomic E-state index is 0.402. The lowest BCUT2D eigenvalue weighted by molar-refractivity contribution is 0.113.